The van der Waals surface area contributed by atoms with E-state index < -0.39 is 32.3 Å². The van der Waals surface area contributed by atoms with Crippen molar-refractivity contribution in [2.75, 3.05) is 20.8 Å². The summed E-state index contributed by atoms with van der Waals surface area (Å²) in [7, 11) is 0.413. The molecular weight excluding hydrogens is 370 g/mol. The number of esters is 2. The molecule has 9 heteroatoms. The van der Waals surface area contributed by atoms with Gasteiger partial charge in [-0.2, -0.15) is 0 Å². The average Bonchev–Trinajstić information content (AvgIpc) is 3.04. The van der Waals surface area contributed by atoms with Crippen LogP contribution in [0.25, 0.3) is 0 Å². The zero-order chi connectivity index (χ0) is 20.4. The SMILES string of the molecule is CCOC(=O)N1C=CC2C(C(=O)OC)=C(C(=O)OC)CC(O[Si](C)(C)C)=C21. The molecule has 2 rings (SSSR count). The Labute approximate surface area is 159 Å². The average molecular weight is 395 g/mol. The van der Waals surface area contributed by atoms with Crippen molar-refractivity contribution in [3.8, 4) is 0 Å². The van der Waals surface area contributed by atoms with Crippen LogP contribution in [0.1, 0.15) is 13.3 Å². The lowest BCUT2D eigenvalue weighted by molar-refractivity contribution is -0.139. The number of rotatable bonds is 5. The molecular formula is C18H25NO7Si. The van der Waals surface area contributed by atoms with Crippen LogP contribution in [0.2, 0.25) is 19.6 Å². The number of carbonyl (C=O) groups is 3. The molecule has 1 aliphatic heterocycles. The van der Waals surface area contributed by atoms with Crippen LogP contribution in [0, 0.1) is 5.92 Å². The molecule has 1 aliphatic carbocycles. The number of ether oxygens (including phenoxy) is 3. The van der Waals surface area contributed by atoms with E-state index in [1.54, 1.807) is 13.0 Å². The Morgan fingerprint density at radius 3 is 2.30 bits per heavy atom. The summed E-state index contributed by atoms with van der Waals surface area (Å²) in [6.45, 7) is 7.88. The third-order valence-corrected chi connectivity index (χ3v) is 4.83. The van der Waals surface area contributed by atoms with E-state index in [4.69, 9.17) is 18.6 Å². The van der Waals surface area contributed by atoms with Gasteiger partial charge in [0.25, 0.3) is 0 Å². The molecule has 0 radical (unpaired) electrons. The van der Waals surface area contributed by atoms with Crippen molar-refractivity contribution in [3.63, 3.8) is 0 Å². The van der Waals surface area contributed by atoms with Crippen LogP contribution in [0.3, 0.4) is 0 Å². The van der Waals surface area contributed by atoms with Gasteiger partial charge in [-0.25, -0.2) is 14.4 Å². The van der Waals surface area contributed by atoms with Gasteiger partial charge in [-0.3, -0.25) is 4.90 Å². The van der Waals surface area contributed by atoms with Gasteiger partial charge >= 0.3 is 18.0 Å². The van der Waals surface area contributed by atoms with Crippen molar-refractivity contribution >= 4 is 26.3 Å². The molecule has 0 saturated carbocycles. The molecule has 0 fully saturated rings. The summed E-state index contributed by atoms with van der Waals surface area (Å²) in [5.74, 6) is -1.48. The summed E-state index contributed by atoms with van der Waals surface area (Å²) in [4.78, 5) is 38.5. The maximum Gasteiger partial charge on any atom is 0.418 e. The van der Waals surface area contributed by atoms with Crippen LogP contribution in [-0.4, -0.2) is 52.1 Å². The van der Waals surface area contributed by atoms with Gasteiger partial charge in [-0.1, -0.05) is 6.08 Å². The molecule has 0 N–H and O–H groups in total. The smallest absolute Gasteiger partial charge is 0.418 e. The number of hydrogen-bond acceptors (Lipinski definition) is 7. The summed E-state index contributed by atoms with van der Waals surface area (Å²) in [6, 6.07) is 0. The summed E-state index contributed by atoms with van der Waals surface area (Å²) in [6.07, 6.45) is 2.63. The van der Waals surface area contributed by atoms with Gasteiger partial charge < -0.3 is 18.6 Å². The predicted molar refractivity (Wildman–Crippen MR) is 98.6 cm³/mol. The topological polar surface area (TPSA) is 91.4 Å². The first-order valence-electron chi connectivity index (χ1n) is 8.60. The van der Waals surface area contributed by atoms with Crippen LogP contribution in [0.5, 0.6) is 0 Å². The molecule has 0 saturated heterocycles. The first kappa shape index (κ1) is 20.8. The fraction of sp³-hybridized carbons (Fsp3) is 0.500. The Bertz CT molecular complexity index is 745. The van der Waals surface area contributed by atoms with E-state index >= 15 is 0 Å². The Hall–Kier alpha value is -2.55. The zero-order valence-corrected chi connectivity index (χ0v) is 17.5. The first-order chi connectivity index (χ1) is 12.6. The van der Waals surface area contributed by atoms with E-state index in [0.29, 0.717) is 11.5 Å². The van der Waals surface area contributed by atoms with Crippen LogP contribution in [0.15, 0.2) is 34.9 Å². The van der Waals surface area contributed by atoms with Gasteiger partial charge in [0, 0.05) is 12.6 Å². The summed E-state index contributed by atoms with van der Waals surface area (Å²) in [5.41, 5.74) is 0.788. The fourth-order valence-corrected chi connectivity index (χ4v) is 3.96. The van der Waals surface area contributed by atoms with Crippen LogP contribution < -0.4 is 0 Å². The van der Waals surface area contributed by atoms with Crippen molar-refractivity contribution in [3.05, 3.63) is 34.9 Å². The van der Waals surface area contributed by atoms with Gasteiger partial charge in [-0.05, 0) is 26.6 Å². The highest BCUT2D eigenvalue weighted by Gasteiger charge is 2.44. The van der Waals surface area contributed by atoms with Crippen molar-refractivity contribution in [1.82, 2.24) is 4.90 Å². The molecule has 0 aromatic rings. The Kier molecular flexibility index (Phi) is 6.14. The molecule has 2 aliphatic rings. The second-order valence-corrected chi connectivity index (χ2v) is 11.4. The minimum atomic E-state index is -2.07. The van der Waals surface area contributed by atoms with E-state index in [0.717, 1.165) is 0 Å². The molecule has 0 spiro atoms. The molecule has 0 aromatic heterocycles. The summed E-state index contributed by atoms with van der Waals surface area (Å²) in [5, 5.41) is 0. The second kappa shape index (κ2) is 7.99. The summed E-state index contributed by atoms with van der Waals surface area (Å²) < 4.78 is 21.0. The molecule has 1 unspecified atom stereocenters. The lowest BCUT2D eigenvalue weighted by atomic mass is 9.85. The van der Waals surface area contributed by atoms with Gasteiger partial charge in [0.15, 0.2) is 0 Å². The van der Waals surface area contributed by atoms with Gasteiger partial charge in [0.05, 0.1) is 43.6 Å². The number of hydrogen-bond donors (Lipinski definition) is 0. The van der Waals surface area contributed by atoms with E-state index in [-0.39, 0.29) is 24.2 Å². The molecule has 0 bridgehead atoms. The van der Waals surface area contributed by atoms with E-state index in [1.165, 1.54) is 25.3 Å². The normalized spacial score (nSPS) is 19.0. The fourth-order valence-electron chi connectivity index (χ4n) is 3.04. The largest absolute Gasteiger partial charge is 0.546 e. The first-order valence-corrected chi connectivity index (χ1v) is 12.0. The number of allylic oxidation sites excluding steroid dienone is 2. The third-order valence-electron chi connectivity index (χ3n) is 3.97. The number of fused-ring (bicyclic) bond motifs is 1. The van der Waals surface area contributed by atoms with Crippen LogP contribution in [-0.2, 0) is 28.2 Å². The van der Waals surface area contributed by atoms with Gasteiger partial charge in [0.2, 0.25) is 8.32 Å². The number of nitrogens with zero attached hydrogens (tertiary/aromatic N) is 1. The van der Waals surface area contributed by atoms with Crippen molar-refractivity contribution in [1.29, 1.82) is 0 Å². The van der Waals surface area contributed by atoms with Crippen LogP contribution >= 0.6 is 0 Å². The quantitative estimate of drug-likeness (QED) is 0.401. The molecule has 1 amide bonds. The standard InChI is InChI=1S/C18H25NO7Si/c1-7-25-18(22)19-9-8-11-14(17(21)24-3)12(16(20)23-2)10-13(15(11)19)26-27(4,5)6/h8-9,11H,7,10H2,1-6H3. The maximum atomic E-state index is 12.4. The lowest BCUT2D eigenvalue weighted by Gasteiger charge is -2.32. The van der Waals surface area contributed by atoms with E-state index in [9.17, 15) is 14.4 Å². The summed E-state index contributed by atoms with van der Waals surface area (Å²) >= 11 is 0. The Morgan fingerprint density at radius 1 is 1.15 bits per heavy atom. The Morgan fingerprint density at radius 2 is 1.78 bits per heavy atom. The molecule has 27 heavy (non-hydrogen) atoms. The minimum Gasteiger partial charge on any atom is -0.546 e. The molecule has 1 heterocycles. The van der Waals surface area contributed by atoms with Crippen molar-refractivity contribution < 1.29 is 33.0 Å². The van der Waals surface area contributed by atoms with Crippen molar-refractivity contribution in [2.45, 2.75) is 33.0 Å². The molecule has 8 nitrogen and oxygen atoms in total. The van der Waals surface area contributed by atoms with E-state index in [2.05, 4.69) is 0 Å². The third kappa shape index (κ3) is 4.24. The predicted octanol–water partition coefficient (Wildman–Crippen LogP) is 2.70. The minimum absolute atomic E-state index is 0.0325. The lowest BCUT2D eigenvalue weighted by Crippen LogP contribution is -2.35. The highest BCUT2D eigenvalue weighted by molar-refractivity contribution is 6.70. The van der Waals surface area contributed by atoms with Crippen molar-refractivity contribution in [2.24, 2.45) is 5.92 Å². The number of amides is 1. The highest BCUT2D eigenvalue weighted by atomic mass is 28.4. The molecule has 148 valence electrons. The zero-order valence-electron chi connectivity index (χ0n) is 16.5. The molecule has 1 atom stereocenters. The van der Waals surface area contributed by atoms with Gasteiger partial charge in [0.1, 0.15) is 5.76 Å². The van der Waals surface area contributed by atoms with Gasteiger partial charge in [-0.15, -0.1) is 0 Å². The monoisotopic (exact) mass is 395 g/mol. The van der Waals surface area contributed by atoms with E-state index in [1.807, 2.05) is 19.6 Å². The number of methoxy groups -OCH3 is 2. The maximum absolute atomic E-state index is 12.4. The highest BCUT2D eigenvalue weighted by Crippen LogP contribution is 2.43. The molecule has 0 aromatic carbocycles. The number of carbonyl (C=O) groups excluding carboxylic acids is 3. The van der Waals surface area contributed by atoms with Crippen LogP contribution in [0.4, 0.5) is 4.79 Å². The Balaban J connectivity index is 2.60. The second-order valence-electron chi connectivity index (χ2n) is 6.96.